The van der Waals surface area contributed by atoms with Crippen molar-refractivity contribution in [2.24, 2.45) is 0 Å². The zero-order chi connectivity index (χ0) is 11.5. The Morgan fingerprint density at radius 1 is 1.38 bits per heavy atom. The number of para-hydroxylation sites is 1. The molecule has 0 radical (unpaired) electrons. The van der Waals surface area contributed by atoms with Crippen LogP contribution in [0.3, 0.4) is 0 Å². The molecule has 1 aliphatic heterocycles. The lowest BCUT2D eigenvalue weighted by molar-refractivity contribution is 0.0115. The van der Waals surface area contributed by atoms with Crippen molar-refractivity contribution in [2.75, 3.05) is 13.1 Å². The molecule has 3 heteroatoms. The Kier molecular flexibility index (Phi) is 3.46. The fourth-order valence-electron chi connectivity index (χ4n) is 2.54. The van der Waals surface area contributed by atoms with Gasteiger partial charge in [0, 0.05) is 5.56 Å². The Morgan fingerprint density at radius 3 is 2.81 bits per heavy atom. The summed E-state index contributed by atoms with van der Waals surface area (Å²) in [5.41, 5.74) is 0.844. The Labute approximate surface area is 96.3 Å². The molecule has 1 aromatic rings. The number of piperidine rings is 1. The Morgan fingerprint density at radius 2 is 2.12 bits per heavy atom. The summed E-state index contributed by atoms with van der Waals surface area (Å²) < 4.78 is 0. The number of phenolic OH excluding ortho intramolecular Hbond substituents is 1. The quantitative estimate of drug-likeness (QED) is 0.801. The zero-order valence-corrected chi connectivity index (χ0v) is 9.63. The van der Waals surface area contributed by atoms with Crippen LogP contribution in [0, 0.1) is 0 Å². The number of phenols is 1. The van der Waals surface area contributed by atoms with Crippen LogP contribution in [-0.4, -0.2) is 34.3 Å². The summed E-state index contributed by atoms with van der Waals surface area (Å²) in [6.45, 7) is 3.98. The molecule has 0 aliphatic carbocycles. The summed E-state index contributed by atoms with van der Waals surface area (Å²) in [6, 6.07) is 7.25. The van der Waals surface area contributed by atoms with Crippen molar-refractivity contribution in [2.45, 2.75) is 31.9 Å². The summed E-state index contributed by atoms with van der Waals surface area (Å²) in [5.74, 6) is 0.284. The molecule has 1 saturated heterocycles. The maximum atomic E-state index is 10.1. The van der Waals surface area contributed by atoms with Crippen molar-refractivity contribution in [1.82, 2.24) is 4.90 Å². The smallest absolute Gasteiger partial charge is 0.120 e. The van der Waals surface area contributed by atoms with Crippen LogP contribution < -0.4 is 0 Å². The molecule has 2 atom stereocenters. The van der Waals surface area contributed by atoms with E-state index in [-0.39, 0.29) is 17.9 Å². The highest BCUT2D eigenvalue weighted by Gasteiger charge is 2.31. The van der Waals surface area contributed by atoms with Crippen molar-refractivity contribution < 1.29 is 10.2 Å². The Balaban J connectivity index is 2.32. The number of likely N-dealkylation sites (tertiary alicyclic amines) is 1. The lowest BCUT2D eigenvalue weighted by Gasteiger charge is -2.38. The molecule has 0 aromatic heterocycles. The van der Waals surface area contributed by atoms with E-state index in [2.05, 4.69) is 11.8 Å². The molecule has 88 valence electrons. The third-order valence-electron chi connectivity index (χ3n) is 3.36. The molecule has 1 aromatic carbocycles. The highest BCUT2D eigenvalue weighted by Crippen LogP contribution is 2.35. The van der Waals surface area contributed by atoms with Crippen molar-refractivity contribution in [3.05, 3.63) is 29.8 Å². The molecule has 16 heavy (non-hydrogen) atoms. The zero-order valence-electron chi connectivity index (χ0n) is 9.63. The van der Waals surface area contributed by atoms with Crippen molar-refractivity contribution >= 4 is 0 Å². The van der Waals surface area contributed by atoms with Crippen LogP contribution in [0.15, 0.2) is 24.3 Å². The predicted octanol–water partition coefficient (Wildman–Crippen LogP) is 1.91. The molecule has 0 spiro atoms. The molecule has 1 fully saturated rings. The number of aliphatic hydroxyl groups excluding tert-OH is 1. The first-order chi connectivity index (χ1) is 7.74. The van der Waals surface area contributed by atoms with Crippen LogP contribution in [0.1, 0.15) is 31.4 Å². The minimum atomic E-state index is -0.373. The van der Waals surface area contributed by atoms with Crippen molar-refractivity contribution in [1.29, 1.82) is 0 Å². The van der Waals surface area contributed by atoms with E-state index in [9.17, 15) is 10.2 Å². The van der Waals surface area contributed by atoms with Gasteiger partial charge < -0.3 is 10.2 Å². The summed E-state index contributed by atoms with van der Waals surface area (Å²) in [4.78, 5) is 2.23. The van der Waals surface area contributed by atoms with E-state index in [1.54, 1.807) is 6.07 Å². The van der Waals surface area contributed by atoms with Gasteiger partial charge in [-0.1, -0.05) is 25.1 Å². The number of nitrogens with zero attached hydrogens (tertiary/aromatic N) is 1. The van der Waals surface area contributed by atoms with Gasteiger partial charge in [-0.25, -0.2) is 0 Å². The van der Waals surface area contributed by atoms with Gasteiger partial charge in [-0.2, -0.15) is 0 Å². The van der Waals surface area contributed by atoms with E-state index in [1.807, 2.05) is 18.2 Å². The molecule has 1 aliphatic rings. The molecule has 2 rings (SSSR count). The van der Waals surface area contributed by atoms with Crippen LogP contribution in [0.4, 0.5) is 0 Å². The number of likely N-dealkylation sites (N-methyl/N-ethyl adjacent to an activating group) is 1. The average molecular weight is 221 g/mol. The van der Waals surface area contributed by atoms with Gasteiger partial charge >= 0.3 is 0 Å². The number of hydrogen-bond acceptors (Lipinski definition) is 3. The molecule has 0 bridgehead atoms. The highest BCUT2D eigenvalue weighted by molar-refractivity contribution is 5.35. The van der Waals surface area contributed by atoms with E-state index in [4.69, 9.17) is 0 Å². The molecule has 0 saturated carbocycles. The second-order valence-electron chi connectivity index (χ2n) is 4.34. The van der Waals surface area contributed by atoms with Gasteiger partial charge in [0.05, 0.1) is 12.1 Å². The molecule has 2 N–H and O–H groups in total. The van der Waals surface area contributed by atoms with E-state index in [1.165, 1.54) is 0 Å². The third-order valence-corrected chi connectivity index (χ3v) is 3.36. The van der Waals surface area contributed by atoms with Gasteiger partial charge in [0.2, 0.25) is 0 Å². The first-order valence-corrected chi connectivity index (χ1v) is 5.94. The van der Waals surface area contributed by atoms with Gasteiger partial charge in [0.1, 0.15) is 5.75 Å². The number of aromatic hydroxyl groups is 1. The summed E-state index contributed by atoms with van der Waals surface area (Å²) in [5, 5.41) is 20.0. The third kappa shape index (κ3) is 2.06. The monoisotopic (exact) mass is 221 g/mol. The number of aliphatic hydroxyl groups is 1. The number of rotatable bonds is 2. The Bertz CT molecular complexity index is 354. The second-order valence-corrected chi connectivity index (χ2v) is 4.34. The van der Waals surface area contributed by atoms with Crippen LogP contribution in [0.25, 0.3) is 0 Å². The number of benzene rings is 1. The van der Waals surface area contributed by atoms with Crippen molar-refractivity contribution in [3.8, 4) is 5.75 Å². The topological polar surface area (TPSA) is 43.7 Å². The fraction of sp³-hybridized carbons (Fsp3) is 0.538. The SMILES string of the molecule is CCN1CCCC(O)C1c1ccccc1O. The van der Waals surface area contributed by atoms with Crippen LogP contribution in [0.2, 0.25) is 0 Å². The van der Waals surface area contributed by atoms with Crippen molar-refractivity contribution in [3.63, 3.8) is 0 Å². The Hall–Kier alpha value is -1.06. The standard InChI is InChI=1S/C13H19NO2/c1-2-14-9-5-8-12(16)13(14)10-6-3-4-7-11(10)15/h3-4,6-7,12-13,15-16H,2,5,8-9H2,1H3. The molecular weight excluding hydrogens is 202 g/mol. The van der Waals surface area contributed by atoms with Gasteiger partial charge in [0.15, 0.2) is 0 Å². The van der Waals surface area contributed by atoms with Gasteiger partial charge in [0.25, 0.3) is 0 Å². The maximum absolute atomic E-state index is 10.1. The summed E-state index contributed by atoms with van der Waals surface area (Å²) in [6.07, 6.45) is 1.47. The average Bonchev–Trinajstić information content (AvgIpc) is 2.30. The second kappa shape index (κ2) is 4.85. The molecule has 3 nitrogen and oxygen atoms in total. The first-order valence-electron chi connectivity index (χ1n) is 5.94. The van der Waals surface area contributed by atoms with Gasteiger partial charge in [-0.05, 0) is 32.0 Å². The minimum absolute atomic E-state index is 0.0556. The van der Waals surface area contributed by atoms with E-state index in [0.717, 1.165) is 31.5 Å². The summed E-state index contributed by atoms with van der Waals surface area (Å²) >= 11 is 0. The predicted molar refractivity (Wildman–Crippen MR) is 63.3 cm³/mol. The van der Waals surface area contributed by atoms with E-state index in [0.29, 0.717) is 0 Å². The molecule has 1 heterocycles. The maximum Gasteiger partial charge on any atom is 0.120 e. The molecule has 0 amide bonds. The number of hydrogen-bond donors (Lipinski definition) is 2. The molecule has 2 unspecified atom stereocenters. The van der Waals surface area contributed by atoms with Crippen LogP contribution >= 0.6 is 0 Å². The normalized spacial score (nSPS) is 26.9. The largest absolute Gasteiger partial charge is 0.508 e. The van der Waals surface area contributed by atoms with Crippen LogP contribution in [0.5, 0.6) is 5.75 Å². The van der Waals surface area contributed by atoms with E-state index < -0.39 is 0 Å². The lowest BCUT2D eigenvalue weighted by atomic mass is 9.92. The molecular formula is C13H19NO2. The van der Waals surface area contributed by atoms with Crippen LogP contribution in [-0.2, 0) is 0 Å². The minimum Gasteiger partial charge on any atom is -0.508 e. The lowest BCUT2D eigenvalue weighted by Crippen LogP contribution is -2.41. The van der Waals surface area contributed by atoms with Gasteiger partial charge in [-0.15, -0.1) is 0 Å². The van der Waals surface area contributed by atoms with E-state index >= 15 is 0 Å². The fourth-order valence-corrected chi connectivity index (χ4v) is 2.54. The van der Waals surface area contributed by atoms with Gasteiger partial charge in [-0.3, -0.25) is 4.90 Å². The highest BCUT2D eigenvalue weighted by atomic mass is 16.3. The first kappa shape index (κ1) is 11.4. The summed E-state index contributed by atoms with van der Waals surface area (Å²) in [7, 11) is 0.